The monoisotopic (exact) mass is 374 g/mol. The quantitative estimate of drug-likeness (QED) is 0.291. The molecule has 140 valence electrons. The number of ether oxygens (including phenoxy) is 1. The highest BCUT2D eigenvalue weighted by molar-refractivity contribution is 6.29. The lowest BCUT2D eigenvalue weighted by atomic mass is 10.0. The van der Waals surface area contributed by atoms with Crippen LogP contribution >= 0.6 is 0 Å². The molecule has 0 bridgehead atoms. The Balaban J connectivity index is 2.00. The summed E-state index contributed by atoms with van der Waals surface area (Å²) in [6, 6.07) is 22.7. The number of carbonyl (C=O) groups is 1. The van der Waals surface area contributed by atoms with Crippen LogP contribution in [0.4, 0.5) is 11.4 Å². The third kappa shape index (κ3) is 4.42. The number of hydrogen-bond donors (Lipinski definition) is 1. The lowest BCUT2D eigenvalue weighted by Gasteiger charge is -2.12. The molecule has 0 aromatic heterocycles. The Labute approximate surface area is 162 Å². The largest absolute Gasteiger partial charge is 0.495 e. The van der Waals surface area contributed by atoms with Crippen LogP contribution in [0.25, 0.3) is 11.6 Å². The van der Waals surface area contributed by atoms with Gasteiger partial charge in [-0.15, -0.1) is 0 Å². The lowest BCUT2D eigenvalue weighted by Crippen LogP contribution is -2.14. The zero-order chi connectivity index (χ0) is 19.9. The van der Waals surface area contributed by atoms with Crippen LogP contribution in [0.1, 0.15) is 11.1 Å². The molecular formula is C22H18N2O4. The van der Waals surface area contributed by atoms with Crippen molar-refractivity contribution in [2.24, 2.45) is 0 Å². The maximum Gasteiger partial charge on any atom is 0.271 e. The van der Waals surface area contributed by atoms with E-state index in [2.05, 4.69) is 5.32 Å². The molecule has 0 radical (unpaired) electrons. The summed E-state index contributed by atoms with van der Waals surface area (Å²) in [6.07, 6.45) is 1.77. The Kier molecular flexibility index (Phi) is 5.81. The number of amides is 1. The normalized spacial score (nSPS) is 11.0. The summed E-state index contributed by atoms with van der Waals surface area (Å²) in [7, 11) is 1.44. The number of nitro groups is 1. The fraction of sp³-hybridized carbons (Fsp3) is 0.0455. The molecular weight excluding hydrogens is 356 g/mol. The summed E-state index contributed by atoms with van der Waals surface area (Å²) in [5, 5.41) is 13.8. The van der Waals surface area contributed by atoms with Crippen LogP contribution in [0.2, 0.25) is 0 Å². The summed E-state index contributed by atoms with van der Waals surface area (Å²) in [5.74, 6) is -0.0556. The van der Waals surface area contributed by atoms with Gasteiger partial charge in [-0.3, -0.25) is 14.9 Å². The minimum atomic E-state index is -0.521. The lowest BCUT2D eigenvalue weighted by molar-refractivity contribution is -0.384. The summed E-state index contributed by atoms with van der Waals surface area (Å²) in [6.45, 7) is 0. The van der Waals surface area contributed by atoms with Crippen molar-refractivity contribution in [1.82, 2.24) is 0 Å². The second kappa shape index (κ2) is 8.64. The molecule has 0 saturated carbocycles. The van der Waals surface area contributed by atoms with Gasteiger partial charge >= 0.3 is 0 Å². The first kappa shape index (κ1) is 18.8. The van der Waals surface area contributed by atoms with Crippen LogP contribution in [-0.2, 0) is 4.79 Å². The second-order valence-corrected chi connectivity index (χ2v) is 5.93. The molecule has 1 amide bonds. The molecule has 0 atom stereocenters. The van der Waals surface area contributed by atoms with E-state index in [9.17, 15) is 14.9 Å². The predicted octanol–water partition coefficient (Wildman–Crippen LogP) is 4.78. The molecule has 0 spiro atoms. The zero-order valence-electron chi connectivity index (χ0n) is 15.2. The van der Waals surface area contributed by atoms with E-state index in [1.54, 1.807) is 6.08 Å². The van der Waals surface area contributed by atoms with Crippen LogP contribution in [-0.4, -0.2) is 17.9 Å². The Bertz CT molecular complexity index is 1020. The molecule has 1 N–H and O–H groups in total. The van der Waals surface area contributed by atoms with E-state index >= 15 is 0 Å². The molecule has 0 saturated heterocycles. The molecule has 28 heavy (non-hydrogen) atoms. The number of benzene rings is 3. The van der Waals surface area contributed by atoms with Crippen LogP contribution in [0, 0.1) is 10.1 Å². The number of nitro benzene ring substituents is 1. The average molecular weight is 374 g/mol. The summed E-state index contributed by atoms with van der Waals surface area (Å²) >= 11 is 0. The average Bonchev–Trinajstić information content (AvgIpc) is 2.73. The Hall–Kier alpha value is -3.93. The van der Waals surface area contributed by atoms with Gasteiger partial charge in [-0.2, -0.15) is 0 Å². The van der Waals surface area contributed by atoms with Gasteiger partial charge in [0.05, 0.1) is 17.7 Å². The van der Waals surface area contributed by atoms with Crippen molar-refractivity contribution < 1.29 is 14.5 Å². The highest BCUT2D eigenvalue weighted by atomic mass is 16.6. The van der Waals surface area contributed by atoms with E-state index in [1.165, 1.54) is 25.3 Å². The molecule has 3 aromatic rings. The maximum atomic E-state index is 13.1. The molecule has 3 aromatic carbocycles. The second-order valence-electron chi connectivity index (χ2n) is 5.93. The van der Waals surface area contributed by atoms with Crippen molar-refractivity contribution >= 4 is 28.9 Å². The van der Waals surface area contributed by atoms with E-state index < -0.39 is 10.8 Å². The summed E-state index contributed by atoms with van der Waals surface area (Å²) in [4.78, 5) is 23.6. The van der Waals surface area contributed by atoms with Crippen molar-refractivity contribution in [3.05, 3.63) is 100 Å². The summed E-state index contributed by atoms with van der Waals surface area (Å²) in [5.41, 5.74) is 2.12. The maximum absolute atomic E-state index is 13.1. The fourth-order valence-electron chi connectivity index (χ4n) is 2.71. The molecule has 0 fully saturated rings. The van der Waals surface area contributed by atoms with Crippen molar-refractivity contribution in [3.63, 3.8) is 0 Å². The highest BCUT2D eigenvalue weighted by Crippen LogP contribution is 2.30. The minimum absolute atomic E-state index is 0.135. The predicted molar refractivity (Wildman–Crippen MR) is 109 cm³/mol. The minimum Gasteiger partial charge on any atom is -0.495 e. The van der Waals surface area contributed by atoms with Gasteiger partial charge in [0.25, 0.3) is 11.6 Å². The van der Waals surface area contributed by atoms with Crippen molar-refractivity contribution in [3.8, 4) is 5.75 Å². The third-order valence-corrected chi connectivity index (χ3v) is 4.08. The SMILES string of the molecule is COc1ccc([N+](=O)[O-])cc1NC(=O)/C(=C/c1ccccc1)c1ccccc1. The van der Waals surface area contributed by atoms with Crippen molar-refractivity contribution in [2.45, 2.75) is 0 Å². The van der Waals surface area contributed by atoms with E-state index in [0.717, 1.165) is 11.1 Å². The molecule has 3 rings (SSSR count). The molecule has 0 aliphatic rings. The zero-order valence-corrected chi connectivity index (χ0v) is 15.2. The van der Waals surface area contributed by atoms with Gasteiger partial charge in [0.15, 0.2) is 0 Å². The van der Waals surface area contributed by atoms with Crippen LogP contribution in [0.15, 0.2) is 78.9 Å². The number of carbonyl (C=O) groups excluding carboxylic acids is 1. The van der Waals surface area contributed by atoms with Gasteiger partial charge in [0, 0.05) is 17.7 Å². The molecule has 0 unspecified atom stereocenters. The standard InChI is InChI=1S/C22H18N2O4/c1-28-21-13-12-18(24(26)27)15-20(21)23-22(25)19(17-10-6-3-7-11-17)14-16-8-4-2-5-9-16/h2-15H,1H3,(H,23,25)/b19-14+. The third-order valence-electron chi connectivity index (χ3n) is 4.08. The van der Waals surface area contributed by atoms with Crippen LogP contribution in [0.3, 0.4) is 0 Å². The van der Waals surface area contributed by atoms with E-state index in [0.29, 0.717) is 11.3 Å². The van der Waals surface area contributed by atoms with E-state index in [1.807, 2.05) is 60.7 Å². The van der Waals surface area contributed by atoms with Gasteiger partial charge in [-0.05, 0) is 23.3 Å². The van der Waals surface area contributed by atoms with Gasteiger partial charge in [-0.25, -0.2) is 0 Å². The number of anilines is 1. The number of nitrogens with zero attached hydrogens (tertiary/aromatic N) is 1. The number of nitrogens with one attached hydrogen (secondary N) is 1. The first-order valence-electron chi connectivity index (χ1n) is 8.54. The molecule has 6 heteroatoms. The van der Waals surface area contributed by atoms with Gasteiger partial charge in [-0.1, -0.05) is 60.7 Å². The molecule has 0 heterocycles. The van der Waals surface area contributed by atoms with Crippen molar-refractivity contribution in [1.29, 1.82) is 0 Å². The summed E-state index contributed by atoms with van der Waals surface area (Å²) < 4.78 is 5.23. The van der Waals surface area contributed by atoms with Gasteiger partial charge in [0.1, 0.15) is 5.75 Å². The van der Waals surface area contributed by atoms with Gasteiger partial charge < -0.3 is 10.1 Å². The number of methoxy groups -OCH3 is 1. The molecule has 0 aliphatic carbocycles. The van der Waals surface area contributed by atoms with Gasteiger partial charge in [0.2, 0.25) is 0 Å². The first-order chi connectivity index (χ1) is 13.6. The van der Waals surface area contributed by atoms with Crippen LogP contribution < -0.4 is 10.1 Å². The Morgan fingerprint density at radius 2 is 1.64 bits per heavy atom. The molecule has 6 nitrogen and oxygen atoms in total. The first-order valence-corrected chi connectivity index (χ1v) is 8.54. The fourth-order valence-corrected chi connectivity index (χ4v) is 2.71. The highest BCUT2D eigenvalue weighted by Gasteiger charge is 2.17. The number of hydrogen-bond acceptors (Lipinski definition) is 4. The van der Waals surface area contributed by atoms with Crippen molar-refractivity contribution in [2.75, 3.05) is 12.4 Å². The van der Waals surface area contributed by atoms with E-state index in [-0.39, 0.29) is 11.4 Å². The number of rotatable bonds is 6. The Morgan fingerprint density at radius 1 is 1.00 bits per heavy atom. The molecule has 0 aliphatic heterocycles. The van der Waals surface area contributed by atoms with E-state index in [4.69, 9.17) is 4.74 Å². The topological polar surface area (TPSA) is 81.5 Å². The number of non-ortho nitro benzene ring substituents is 1. The Morgan fingerprint density at radius 3 is 2.25 bits per heavy atom. The smallest absolute Gasteiger partial charge is 0.271 e. The van der Waals surface area contributed by atoms with Crippen LogP contribution in [0.5, 0.6) is 5.75 Å².